The molecule has 4 aliphatic rings. The van der Waals surface area contributed by atoms with Gasteiger partial charge in [0.2, 0.25) is 0 Å². The van der Waals surface area contributed by atoms with E-state index in [1.807, 2.05) is 35.2 Å². The largest absolute Gasteiger partial charge is 0.362 e. The first-order chi connectivity index (χ1) is 16.0. The SMILES string of the molecule is CC1(CC2CCN(C(=O)c3cc4ccccc4[nH]3)CC2)OCN=C(N[C@H]2C[C@@H]3CC[C@H]2C3)S1. The number of nitrogens with one attached hydrogen (secondary N) is 2. The number of carbonyl (C=O) groups is 1. The lowest BCUT2D eigenvalue weighted by Crippen LogP contribution is -2.44. The number of carbonyl (C=O) groups excluding carboxylic acids is 1. The van der Waals surface area contributed by atoms with Gasteiger partial charge in [-0.05, 0) is 75.3 Å². The van der Waals surface area contributed by atoms with Crippen LogP contribution in [-0.4, -0.2) is 51.8 Å². The molecule has 2 bridgehead atoms. The summed E-state index contributed by atoms with van der Waals surface area (Å²) in [5.74, 6) is 2.45. The maximum atomic E-state index is 13.0. The fraction of sp³-hybridized carbons (Fsp3) is 0.615. The molecule has 1 aromatic carbocycles. The molecule has 3 heterocycles. The summed E-state index contributed by atoms with van der Waals surface area (Å²) >= 11 is 1.78. The predicted molar refractivity (Wildman–Crippen MR) is 133 cm³/mol. The molecular formula is C26H34N4O2S. The van der Waals surface area contributed by atoms with Gasteiger partial charge in [-0.15, -0.1) is 0 Å². The van der Waals surface area contributed by atoms with Crippen molar-refractivity contribution in [3.8, 4) is 0 Å². The molecule has 2 aliphatic carbocycles. The van der Waals surface area contributed by atoms with Crippen LogP contribution in [0.15, 0.2) is 35.3 Å². The number of hydrogen-bond donors (Lipinski definition) is 2. The molecule has 176 valence electrons. The molecule has 4 atom stereocenters. The van der Waals surface area contributed by atoms with Crippen LogP contribution < -0.4 is 5.32 Å². The number of piperidine rings is 1. The van der Waals surface area contributed by atoms with Gasteiger partial charge in [-0.2, -0.15) is 0 Å². The van der Waals surface area contributed by atoms with Crippen molar-refractivity contribution in [2.75, 3.05) is 19.8 Å². The molecule has 1 amide bonds. The van der Waals surface area contributed by atoms with E-state index < -0.39 is 0 Å². The minimum atomic E-state index is -0.240. The number of para-hydroxylation sites is 1. The first kappa shape index (κ1) is 21.5. The van der Waals surface area contributed by atoms with Gasteiger partial charge in [0.05, 0.1) is 0 Å². The number of aromatic nitrogens is 1. The Hall–Kier alpha value is -1.99. The van der Waals surface area contributed by atoms with Gasteiger partial charge >= 0.3 is 0 Å². The second kappa shape index (κ2) is 8.66. The number of benzene rings is 1. The van der Waals surface area contributed by atoms with Gasteiger partial charge in [-0.3, -0.25) is 4.79 Å². The fourth-order valence-electron chi connectivity index (χ4n) is 6.47. The van der Waals surface area contributed by atoms with Crippen molar-refractivity contribution < 1.29 is 9.53 Å². The zero-order valence-corrected chi connectivity index (χ0v) is 20.2. The molecule has 1 aromatic heterocycles. The number of fused-ring (bicyclic) bond motifs is 3. The third-order valence-electron chi connectivity index (χ3n) is 8.26. The summed E-state index contributed by atoms with van der Waals surface area (Å²) in [6.45, 7) is 4.29. The predicted octanol–water partition coefficient (Wildman–Crippen LogP) is 4.98. The maximum Gasteiger partial charge on any atom is 0.270 e. The van der Waals surface area contributed by atoms with Crippen molar-refractivity contribution in [1.29, 1.82) is 0 Å². The highest BCUT2D eigenvalue weighted by molar-refractivity contribution is 8.14. The minimum Gasteiger partial charge on any atom is -0.362 e. The van der Waals surface area contributed by atoms with E-state index in [4.69, 9.17) is 4.74 Å². The van der Waals surface area contributed by atoms with E-state index in [0.29, 0.717) is 24.4 Å². The Morgan fingerprint density at radius 1 is 1.24 bits per heavy atom. The summed E-state index contributed by atoms with van der Waals surface area (Å²) in [5.41, 5.74) is 1.71. The van der Waals surface area contributed by atoms with Gasteiger partial charge in [0.15, 0.2) is 5.17 Å². The van der Waals surface area contributed by atoms with Gasteiger partial charge in [-0.1, -0.05) is 36.4 Å². The minimum absolute atomic E-state index is 0.114. The summed E-state index contributed by atoms with van der Waals surface area (Å²) in [4.78, 5) is 22.7. The van der Waals surface area contributed by atoms with Gasteiger partial charge < -0.3 is 19.9 Å². The Labute approximate surface area is 199 Å². The van der Waals surface area contributed by atoms with Crippen LogP contribution in [0.2, 0.25) is 0 Å². The smallest absolute Gasteiger partial charge is 0.270 e. The second-order valence-corrected chi connectivity index (χ2v) is 12.1. The second-order valence-electron chi connectivity index (χ2n) is 10.6. The van der Waals surface area contributed by atoms with Crippen molar-refractivity contribution in [3.05, 3.63) is 36.0 Å². The molecule has 0 spiro atoms. The summed E-state index contributed by atoms with van der Waals surface area (Å²) in [5, 5.41) is 5.94. The van der Waals surface area contributed by atoms with Crippen molar-refractivity contribution >= 4 is 33.7 Å². The highest BCUT2D eigenvalue weighted by Crippen LogP contribution is 2.45. The van der Waals surface area contributed by atoms with E-state index in [9.17, 15) is 4.79 Å². The van der Waals surface area contributed by atoms with Crippen LogP contribution in [0.3, 0.4) is 0 Å². The normalized spacial score (nSPS) is 32.3. The lowest BCUT2D eigenvalue weighted by Gasteiger charge is -2.39. The Kier molecular flexibility index (Phi) is 5.65. The molecule has 33 heavy (non-hydrogen) atoms. The number of nitrogens with zero attached hydrogens (tertiary/aromatic N) is 2. The van der Waals surface area contributed by atoms with Crippen LogP contribution >= 0.6 is 11.8 Å². The van der Waals surface area contributed by atoms with Crippen LogP contribution in [-0.2, 0) is 4.74 Å². The lowest BCUT2D eigenvalue weighted by atomic mass is 9.91. The summed E-state index contributed by atoms with van der Waals surface area (Å²) in [6, 6.07) is 10.6. The van der Waals surface area contributed by atoms with Crippen molar-refractivity contribution in [3.63, 3.8) is 0 Å². The lowest BCUT2D eigenvalue weighted by molar-refractivity contribution is 0.0160. The number of likely N-dealkylation sites (tertiary alicyclic amines) is 1. The molecular weight excluding hydrogens is 432 g/mol. The number of amidine groups is 1. The van der Waals surface area contributed by atoms with E-state index in [0.717, 1.165) is 60.3 Å². The number of amides is 1. The molecule has 1 saturated heterocycles. The number of hydrogen-bond acceptors (Lipinski definition) is 5. The monoisotopic (exact) mass is 466 g/mol. The molecule has 6 nitrogen and oxygen atoms in total. The van der Waals surface area contributed by atoms with Gasteiger partial charge in [-0.25, -0.2) is 4.99 Å². The number of H-pyrrole nitrogens is 1. The van der Waals surface area contributed by atoms with Gasteiger partial charge in [0, 0.05) is 30.0 Å². The summed E-state index contributed by atoms with van der Waals surface area (Å²) in [7, 11) is 0. The zero-order chi connectivity index (χ0) is 22.4. The van der Waals surface area contributed by atoms with Crippen LogP contribution in [0.25, 0.3) is 10.9 Å². The third-order valence-corrected chi connectivity index (χ3v) is 9.42. The molecule has 2 N–H and O–H groups in total. The van der Waals surface area contributed by atoms with E-state index >= 15 is 0 Å². The van der Waals surface area contributed by atoms with Crippen molar-refractivity contribution in [1.82, 2.24) is 15.2 Å². The highest BCUT2D eigenvalue weighted by atomic mass is 32.2. The average molecular weight is 467 g/mol. The van der Waals surface area contributed by atoms with Crippen molar-refractivity contribution in [2.45, 2.75) is 62.8 Å². The number of rotatable bonds is 4. The van der Waals surface area contributed by atoms with Gasteiger partial charge in [0.1, 0.15) is 17.4 Å². The summed E-state index contributed by atoms with van der Waals surface area (Å²) < 4.78 is 6.15. The standard InChI is InChI=1S/C26H34N4O2S/c1-26(32-16-27-25(33-26)29-22-13-18-6-7-20(22)12-18)15-17-8-10-30(11-9-17)24(31)23-14-19-4-2-3-5-21(19)28-23/h2-5,14,17-18,20,22,28H,6-13,15-16H2,1H3,(H,27,29)/t18-,20+,22+,26?/m1/s1. The molecule has 2 aromatic rings. The van der Waals surface area contributed by atoms with E-state index in [1.165, 1.54) is 25.7 Å². The Bertz CT molecular complexity index is 1030. The topological polar surface area (TPSA) is 69.7 Å². The molecule has 0 radical (unpaired) electrons. The van der Waals surface area contributed by atoms with Crippen molar-refractivity contribution in [2.24, 2.45) is 22.7 Å². The quantitative estimate of drug-likeness (QED) is 0.667. The average Bonchev–Trinajstić information content (AvgIpc) is 3.54. The first-order valence-corrected chi connectivity index (χ1v) is 13.4. The van der Waals surface area contributed by atoms with Crippen LogP contribution in [0.1, 0.15) is 62.4 Å². The number of thioether (sulfide) groups is 1. The molecule has 6 rings (SSSR count). The Morgan fingerprint density at radius 3 is 2.85 bits per heavy atom. The molecule has 2 aliphatic heterocycles. The number of ether oxygens (including phenoxy) is 1. The first-order valence-electron chi connectivity index (χ1n) is 12.6. The molecule has 7 heteroatoms. The summed E-state index contributed by atoms with van der Waals surface area (Å²) in [6.07, 6.45) is 8.57. The van der Waals surface area contributed by atoms with Crippen LogP contribution in [0.4, 0.5) is 0 Å². The van der Waals surface area contributed by atoms with Crippen LogP contribution in [0, 0.1) is 17.8 Å². The number of aromatic amines is 1. The van der Waals surface area contributed by atoms with E-state index in [1.54, 1.807) is 11.8 Å². The molecule has 1 unspecified atom stereocenters. The zero-order valence-electron chi connectivity index (χ0n) is 19.4. The Morgan fingerprint density at radius 2 is 2.09 bits per heavy atom. The molecule has 3 fully saturated rings. The molecule has 2 saturated carbocycles. The van der Waals surface area contributed by atoms with Crippen LogP contribution in [0.5, 0.6) is 0 Å². The van der Waals surface area contributed by atoms with E-state index in [2.05, 4.69) is 22.2 Å². The van der Waals surface area contributed by atoms with E-state index in [-0.39, 0.29) is 10.8 Å². The third kappa shape index (κ3) is 4.42. The fourth-order valence-corrected chi connectivity index (χ4v) is 7.64. The van der Waals surface area contributed by atoms with Gasteiger partial charge in [0.25, 0.3) is 5.91 Å². The highest BCUT2D eigenvalue weighted by Gasteiger charge is 2.42. The number of aliphatic imine (C=N–C) groups is 1. The Balaban J connectivity index is 1.02. The maximum absolute atomic E-state index is 13.0.